The molecule has 3 atom stereocenters. The molecule has 1 aromatic heterocycles. The maximum Gasteiger partial charge on any atom is 0.233 e. The molecule has 6 heteroatoms. The molecule has 0 aromatic carbocycles. The maximum atomic E-state index is 12.5. The molecular formula is C17H28N4OS. The van der Waals surface area contributed by atoms with Crippen LogP contribution in [0.4, 0.5) is 0 Å². The van der Waals surface area contributed by atoms with Gasteiger partial charge in [-0.25, -0.2) is 0 Å². The van der Waals surface area contributed by atoms with Gasteiger partial charge in [0.15, 0.2) is 5.16 Å². The average Bonchev–Trinajstić information content (AvgIpc) is 3.31. The van der Waals surface area contributed by atoms with Gasteiger partial charge in [-0.05, 0) is 45.4 Å². The first-order valence-corrected chi connectivity index (χ1v) is 9.88. The second-order valence-electron chi connectivity index (χ2n) is 7.00. The zero-order valence-electron chi connectivity index (χ0n) is 14.4. The molecule has 1 aromatic rings. The molecule has 0 bridgehead atoms. The van der Waals surface area contributed by atoms with E-state index in [9.17, 15) is 4.79 Å². The Hall–Kier alpha value is -1.04. The van der Waals surface area contributed by atoms with E-state index >= 15 is 0 Å². The summed E-state index contributed by atoms with van der Waals surface area (Å²) in [6.07, 6.45) is 7.30. The minimum atomic E-state index is -0.134. The number of nitrogens with one attached hydrogen (secondary N) is 1. The van der Waals surface area contributed by atoms with E-state index in [0.717, 1.165) is 23.9 Å². The van der Waals surface area contributed by atoms with Gasteiger partial charge in [0.25, 0.3) is 0 Å². The van der Waals surface area contributed by atoms with E-state index < -0.39 is 0 Å². The van der Waals surface area contributed by atoms with Crippen LogP contribution in [0.15, 0.2) is 5.16 Å². The number of thioether (sulfide) groups is 1. The lowest BCUT2D eigenvalue weighted by molar-refractivity contribution is -0.121. The Morgan fingerprint density at radius 2 is 2.04 bits per heavy atom. The Bertz CT molecular complexity index is 555. The smallest absolute Gasteiger partial charge is 0.233 e. The molecule has 1 heterocycles. The molecule has 1 N–H and O–H groups in total. The Morgan fingerprint density at radius 3 is 2.70 bits per heavy atom. The quantitative estimate of drug-likeness (QED) is 0.809. The van der Waals surface area contributed by atoms with Crippen LogP contribution in [0.5, 0.6) is 0 Å². The van der Waals surface area contributed by atoms with Crippen molar-refractivity contribution in [1.29, 1.82) is 0 Å². The van der Waals surface area contributed by atoms with E-state index in [1.54, 1.807) is 0 Å². The SMILES string of the molecule is CCn1c(S[C@H](C)C(=O)N[C@@H]2CCCC[C@@H]2C)nnc1C1CC1. The second-order valence-corrected chi connectivity index (χ2v) is 8.30. The first kappa shape index (κ1) is 16.8. The summed E-state index contributed by atoms with van der Waals surface area (Å²) in [7, 11) is 0. The number of hydrogen-bond acceptors (Lipinski definition) is 4. The topological polar surface area (TPSA) is 59.8 Å². The predicted molar refractivity (Wildman–Crippen MR) is 92.6 cm³/mol. The molecule has 1 amide bonds. The highest BCUT2D eigenvalue weighted by Crippen LogP contribution is 2.40. The van der Waals surface area contributed by atoms with Crippen molar-refractivity contribution < 1.29 is 4.79 Å². The lowest BCUT2D eigenvalue weighted by Crippen LogP contribution is -2.44. The van der Waals surface area contributed by atoms with Crippen LogP contribution < -0.4 is 5.32 Å². The Kier molecular flexibility index (Phi) is 5.29. The standard InChI is InChI=1S/C17H28N4OS/c1-4-21-15(13-9-10-13)19-20-17(21)23-12(3)16(22)18-14-8-6-5-7-11(14)2/h11-14H,4-10H2,1-3H3,(H,18,22)/t11-,12+,14+/m0/s1. The minimum absolute atomic E-state index is 0.132. The van der Waals surface area contributed by atoms with Gasteiger partial charge in [0.2, 0.25) is 5.91 Å². The van der Waals surface area contributed by atoms with E-state index in [1.165, 1.54) is 43.9 Å². The predicted octanol–water partition coefficient (Wildman–Crippen LogP) is 3.35. The summed E-state index contributed by atoms with van der Waals surface area (Å²) < 4.78 is 2.18. The molecule has 2 aliphatic carbocycles. The van der Waals surface area contributed by atoms with Crippen molar-refractivity contribution in [1.82, 2.24) is 20.1 Å². The highest BCUT2D eigenvalue weighted by Gasteiger charge is 2.31. The first-order valence-electron chi connectivity index (χ1n) is 9.00. The van der Waals surface area contributed by atoms with Gasteiger partial charge in [-0.15, -0.1) is 10.2 Å². The fraction of sp³-hybridized carbons (Fsp3) is 0.824. The second kappa shape index (κ2) is 7.24. The minimum Gasteiger partial charge on any atom is -0.352 e. The lowest BCUT2D eigenvalue weighted by atomic mass is 9.86. The van der Waals surface area contributed by atoms with E-state index in [0.29, 0.717) is 17.9 Å². The molecule has 23 heavy (non-hydrogen) atoms. The van der Waals surface area contributed by atoms with Crippen LogP contribution in [0.1, 0.15) is 71.0 Å². The third-order valence-electron chi connectivity index (χ3n) is 5.09. The number of carbonyl (C=O) groups is 1. The van der Waals surface area contributed by atoms with Crippen LogP contribution in [-0.4, -0.2) is 32.0 Å². The number of carbonyl (C=O) groups excluding carboxylic acids is 1. The molecule has 128 valence electrons. The van der Waals surface area contributed by atoms with Crippen LogP contribution in [0.2, 0.25) is 0 Å². The molecule has 0 saturated heterocycles. The van der Waals surface area contributed by atoms with Crippen LogP contribution >= 0.6 is 11.8 Å². The molecule has 2 aliphatic rings. The monoisotopic (exact) mass is 336 g/mol. The van der Waals surface area contributed by atoms with Crippen LogP contribution in [0.25, 0.3) is 0 Å². The summed E-state index contributed by atoms with van der Waals surface area (Å²) in [6.45, 7) is 7.21. The van der Waals surface area contributed by atoms with Crippen LogP contribution in [0.3, 0.4) is 0 Å². The van der Waals surface area contributed by atoms with Crippen molar-refractivity contribution >= 4 is 17.7 Å². The zero-order chi connectivity index (χ0) is 16.4. The van der Waals surface area contributed by atoms with Crippen molar-refractivity contribution in [2.24, 2.45) is 5.92 Å². The van der Waals surface area contributed by atoms with E-state index in [2.05, 4.69) is 33.9 Å². The molecule has 2 saturated carbocycles. The van der Waals surface area contributed by atoms with Crippen molar-refractivity contribution in [3.63, 3.8) is 0 Å². The Balaban J connectivity index is 1.59. The van der Waals surface area contributed by atoms with E-state index in [1.807, 2.05) is 6.92 Å². The number of aromatic nitrogens is 3. The van der Waals surface area contributed by atoms with Gasteiger partial charge in [-0.3, -0.25) is 4.79 Å². The van der Waals surface area contributed by atoms with Gasteiger partial charge >= 0.3 is 0 Å². The van der Waals surface area contributed by atoms with Crippen molar-refractivity contribution in [2.45, 2.75) is 88.2 Å². The fourth-order valence-corrected chi connectivity index (χ4v) is 4.30. The van der Waals surface area contributed by atoms with Gasteiger partial charge < -0.3 is 9.88 Å². The third-order valence-corrected chi connectivity index (χ3v) is 6.18. The first-order chi connectivity index (χ1) is 11.1. The Morgan fingerprint density at radius 1 is 1.30 bits per heavy atom. The van der Waals surface area contributed by atoms with Gasteiger partial charge in [0.1, 0.15) is 5.82 Å². The van der Waals surface area contributed by atoms with Crippen molar-refractivity contribution in [3.05, 3.63) is 5.82 Å². The molecule has 2 fully saturated rings. The van der Waals surface area contributed by atoms with Crippen LogP contribution in [0, 0.1) is 5.92 Å². The molecular weight excluding hydrogens is 308 g/mol. The molecule has 0 aliphatic heterocycles. The summed E-state index contributed by atoms with van der Waals surface area (Å²) >= 11 is 1.54. The summed E-state index contributed by atoms with van der Waals surface area (Å²) in [5.74, 6) is 2.41. The molecule has 0 spiro atoms. The van der Waals surface area contributed by atoms with E-state index in [4.69, 9.17) is 0 Å². The molecule has 5 nitrogen and oxygen atoms in total. The number of rotatable bonds is 6. The average molecular weight is 337 g/mol. The molecule has 0 radical (unpaired) electrons. The summed E-state index contributed by atoms with van der Waals surface area (Å²) in [4.78, 5) is 12.5. The zero-order valence-corrected chi connectivity index (χ0v) is 15.2. The van der Waals surface area contributed by atoms with Gasteiger partial charge in [-0.1, -0.05) is 31.5 Å². The van der Waals surface area contributed by atoms with Gasteiger partial charge in [0.05, 0.1) is 5.25 Å². The summed E-state index contributed by atoms with van der Waals surface area (Å²) in [5, 5.41) is 12.7. The van der Waals surface area contributed by atoms with Crippen molar-refractivity contribution in [2.75, 3.05) is 0 Å². The summed E-state index contributed by atoms with van der Waals surface area (Å²) in [5.41, 5.74) is 0. The maximum absolute atomic E-state index is 12.5. The fourth-order valence-electron chi connectivity index (χ4n) is 3.37. The number of hydrogen-bond donors (Lipinski definition) is 1. The highest BCUT2D eigenvalue weighted by molar-refractivity contribution is 8.00. The number of nitrogens with zero attached hydrogens (tertiary/aromatic N) is 3. The third kappa shape index (κ3) is 3.90. The molecule has 3 rings (SSSR count). The number of amides is 1. The summed E-state index contributed by atoms with van der Waals surface area (Å²) in [6, 6.07) is 0.338. The van der Waals surface area contributed by atoms with Crippen LogP contribution in [-0.2, 0) is 11.3 Å². The largest absolute Gasteiger partial charge is 0.352 e. The molecule has 0 unspecified atom stereocenters. The van der Waals surface area contributed by atoms with E-state index in [-0.39, 0.29) is 11.2 Å². The van der Waals surface area contributed by atoms with Gasteiger partial charge in [0, 0.05) is 18.5 Å². The van der Waals surface area contributed by atoms with Gasteiger partial charge in [-0.2, -0.15) is 0 Å². The lowest BCUT2D eigenvalue weighted by Gasteiger charge is -2.30. The van der Waals surface area contributed by atoms with Crippen molar-refractivity contribution in [3.8, 4) is 0 Å². The Labute approximate surface area is 143 Å². The normalized spacial score (nSPS) is 26.0. The highest BCUT2D eigenvalue weighted by atomic mass is 32.2.